The van der Waals surface area contributed by atoms with Crippen molar-refractivity contribution in [2.75, 3.05) is 20.3 Å². The number of hydrogen-bond donors (Lipinski definition) is 2. The summed E-state index contributed by atoms with van der Waals surface area (Å²) in [5.74, 6) is 2.41. The van der Waals surface area contributed by atoms with Crippen LogP contribution in [-0.4, -0.2) is 31.0 Å². The van der Waals surface area contributed by atoms with Gasteiger partial charge in [-0.15, -0.1) is 0 Å². The van der Waals surface area contributed by atoms with Crippen molar-refractivity contribution in [2.24, 2.45) is 11.7 Å². The van der Waals surface area contributed by atoms with Crippen LogP contribution in [0.3, 0.4) is 0 Å². The molecule has 1 fully saturated rings. The molecule has 0 heterocycles. The normalized spacial score (nSPS) is 26.2. The Bertz CT molecular complexity index is 871. The fraction of sp³-hybridized carbons (Fsp3) is 0.500. The lowest BCUT2D eigenvalue weighted by molar-refractivity contribution is 0.198. The highest BCUT2D eigenvalue weighted by molar-refractivity contribution is 6.32. The third kappa shape index (κ3) is 4.55. The molecule has 2 aromatic rings. The van der Waals surface area contributed by atoms with Crippen LogP contribution in [0.1, 0.15) is 48.3 Å². The van der Waals surface area contributed by atoms with Crippen molar-refractivity contribution in [1.29, 1.82) is 0 Å². The van der Waals surface area contributed by atoms with Crippen LogP contribution in [0.4, 0.5) is 0 Å². The number of aliphatic hydroxyl groups excluding tert-OH is 1. The molecule has 0 aliphatic heterocycles. The molecule has 4 rings (SSSR count). The van der Waals surface area contributed by atoms with E-state index < -0.39 is 5.54 Å². The molecule has 2 aliphatic rings. The van der Waals surface area contributed by atoms with Gasteiger partial charge >= 0.3 is 0 Å². The van der Waals surface area contributed by atoms with E-state index in [1.165, 1.54) is 16.7 Å². The molecule has 0 bridgehead atoms. The molecule has 2 aromatic carbocycles. The van der Waals surface area contributed by atoms with Gasteiger partial charge in [-0.3, -0.25) is 0 Å². The number of halogens is 1. The number of methoxy groups -OCH3 is 1. The van der Waals surface area contributed by atoms with E-state index in [-0.39, 0.29) is 6.61 Å². The Morgan fingerprint density at radius 1 is 1.17 bits per heavy atom. The average Bonchev–Trinajstić information content (AvgIpc) is 3.15. The summed E-state index contributed by atoms with van der Waals surface area (Å²) in [4.78, 5) is 0. The molecule has 0 saturated heterocycles. The molecule has 4 nitrogen and oxygen atoms in total. The molecule has 29 heavy (non-hydrogen) atoms. The number of benzene rings is 2. The van der Waals surface area contributed by atoms with E-state index in [1.54, 1.807) is 7.11 Å². The first-order valence-corrected chi connectivity index (χ1v) is 10.9. The molecule has 3 N–H and O–H groups in total. The second-order valence-electron chi connectivity index (χ2n) is 8.70. The van der Waals surface area contributed by atoms with Crippen LogP contribution < -0.4 is 15.2 Å². The summed E-state index contributed by atoms with van der Waals surface area (Å²) in [6.45, 7) is 0.774. The first-order valence-electron chi connectivity index (χ1n) is 10.5. The highest BCUT2D eigenvalue weighted by atomic mass is 35.5. The standard InChI is InChI=1S/C24H30ClNO3/c1-28-23-12-21(6-7-22(23)25)29-14-16-2-3-18-11-19(5-4-17(18)10-16)20-8-9-24(26,13-20)15-27/h4-7,11-12,16,20,27H,2-3,8-10,13-15,26H2,1H3/t16-,20+,24-/m1/s1. The molecule has 156 valence electrons. The maximum Gasteiger partial charge on any atom is 0.141 e. The molecule has 1 saturated carbocycles. The maximum absolute atomic E-state index is 9.54. The summed E-state index contributed by atoms with van der Waals surface area (Å²) in [5, 5.41) is 10.1. The minimum Gasteiger partial charge on any atom is -0.495 e. The molecule has 0 amide bonds. The molecule has 2 aliphatic carbocycles. The Balaban J connectivity index is 1.37. The Hall–Kier alpha value is -1.75. The van der Waals surface area contributed by atoms with Gasteiger partial charge in [0, 0.05) is 11.6 Å². The van der Waals surface area contributed by atoms with Crippen molar-refractivity contribution in [3.8, 4) is 11.5 Å². The molecular formula is C24H30ClNO3. The van der Waals surface area contributed by atoms with E-state index in [4.69, 9.17) is 26.8 Å². The largest absolute Gasteiger partial charge is 0.495 e. The number of hydrogen-bond acceptors (Lipinski definition) is 4. The molecule has 0 aromatic heterocycles. The molecule has 0 radical (unpaired) electrons. The van der Waals surface area contributed by atoms with Crippen molar-refractivity contribution in [1.82, 2.24) is 0 Å². The van der Waals surface area contributed by atoms with Crippen LogP contribution in [0.2, 0.25) is 5.02 Å². The van der Waals surface area contributed by atoms with E-state index in [9.17, 15) is 5.11 Å². The van der Waals surface area contributed by atoms with Gasteiger partial charge in [0.15, 0.2) is 0 Å². The van der Waals surface area contributed by atoms with Crippen LogP contribution in [0.5, 0.6) is 11.5 Å². The Labute approximate surface area is 178 Å². The lowest BCUT2D eigenvalue weighted by Gasteiger charge is -2.26. The topological polar surface area (TPSA) is 64.7 Å². The smallest absolute Gasteiger partial charge is 0.141 e. The zero-order valence-corrected chi connectivity index (χ0v) is 17.8. The molecule has 5 heteroatoms. The predicted molar refractivity (Wildman–Crippen MR) is 116 cm³/mol. The van der Waals surface area contributed by atoms with Gasteiger partial charge in [0.25, 0.3) is 0 Å². The summed E-state index contributed by atoms with van der Waals surface area (Å²) in [5.41, 5.74) is 10.2. The predicted octanol–water partition coefficient (Wildman–Crippen LogP) is 4.49. The summed E-state index contributed by atoms with van der Waals surface area (Å²) >= 11 is 6.09. The van der Waals surface area contributed by atoms with Crippen LogP contribution in [-0.2, 0) is 12.8 Å². The molecular weight excluding hydrogens is 386 g/mol. The first kappa shape index (κ1) is 20.5. The number of nitrogens with two attached hydrogens (primary N) is 1. The number of fused-ring (bicyclic) bond motifs is 1. The number of rotatable bonds is 6. The van der Waals surface area contributed by atoms with Gasteiger partial charge in [-0.05, 0) is 79.2 Å². The van der Waals surface area contributed by atoms with Crippen molar-refractivity contribution >= 4 is 11.6 Å². The Morgan fingerprint density at radius 2 is 2.03 bits per heavy atom. The van der Waals surface area contributed by atoms with Crippen molar-refractivity contribution < 1.29 is 14.6 Å². The molecule has 0 spiro atoms. The summed E-state index contributed by atoms with van der Waals surface area (Å²) in [6, 6.07) is 12.5. The average molecular weight is 416 g/mol. The lowest BCUT2D eigenvalue weighted by Crippen LogP contribution is -2.40. The number of aliphatic hydroxyl groups is 1. The van der Waals surface area contributed by atoms with Gasteiger partial charge in [0.2, 0.25) is 0 Å². The quantitative estimate of drug-likeness (QED) is 0.729. The number of ether oxygens (including phenoxy) is 2. The van der Waals surface area contributed by atoms with Gasteiger partial charge in [-0.2, -0.15) is 0 Å². The Kier molecular flexibility index (Phi) is 6.05. The molecule has 0 unspecified atom stereocenters. The maximum atomic E-state index is 9.54. The zero-order chi connectivity index (χ0) is 20.4. The van der Waals surface area contributed by atoms with Gasteiger partial charge in [-0.1, -0.05) is 29.8 Å². The highest BCUT2D eigenvalue weighted by Crippen LogP contribution is 2.40. The van der Waals surface area contributed by atoms with Gasteiger partial charge in [-0.25, -0.2) is 0 Å². The van der Waals surface area contributed by atoms with E-state index in [0.717, 1.165) is 44.3 Å². The van der Waals surface area contributed by atoms with Crippen molar-refractivity contribution in [3.63, 3.8) is 0 Å². The van der Waals surface area contributed by atoms with Gasteiger partial charge in [0.1, 0.15) is 11.5 Å². The van der Waals surface area contributed by atoms with Crippen LogP contribution in [0, 0.1) is 5.92 Å². The monoisotopic (exact) mass is 415 g/mol. The second kappa shape index (κ2) is 8.55. The fourth-order valence-electron chi connectivity index (χ4n) is 4.78. The second-order valence-corrected chi connectivity index (χ2v) is 9.11. The first-order chi connectivity index (χ1) is 14.0. The van der Waals surface area contributed by atoms with Crippen LogP contribution >= 0.6 is 11.6 Å². The Morgan fingerprint density at radius 3 is 2.79 bits per heavy atom. The van der Waals surface area contributed by atoms with Crippen molar-refractivity contribution in [2.45, 2.75) is 50.0 Å². The SMILES string of the molecule is COc1cc(OC[C@@H]2CCc3cc([C@H]4CC[C@](N)(CO)C4)ccc3C2)ccc1Cl. The van der Waals surface area contributed by atoms with Gasteiger partial charge < -0.3 is 20.3 Å². The van der Waals surface area contributed by atoms with Crippen molar-refractivity contribution in [3.05, 3.63) is 58.1 Å². The van der Waals surface area contributed by atoms with Crippen LogP contribution in [0.15, 0.2) is 36.4 Å². The van der Waals surface area contributed by atoms with E-state index >= 15 is 0 Å². The summed E-state index contributed by atoms with van der Waals surface area (Å²) < 4.78 is 11.3. The lowest BCUT2D eigenvalue weighted by atomic mass is 9.82. The fourth-order valence-corrected chi connectivity index (χ4v) is 4.97. The van der Waals surface area contributed by atoms with Gasteiger partial charge in [0.05, 0.1) is 25.3 Å². The van der Waals surface area contributed by atoms with E-state index in [0.29, 0.717) is 29.2 Å². The minimum atomic E-state index is -0.395. The van der Waals surface area contributed by atoms with E-state index in [1.807, 2.05) is 18.2 Å². The summed E-state index contributed by atoms with van der Waals surface area (Å²) in [6.07, 6.45) is 6.10. The highest BCUT2D eigenvalue weighted by Gasteiger charge is 2.36. The van der Waals surface area contributed by atoms with E-state index in [2.05, 4.69) is 18.2 Å². The summed E-state index contributed by atoms with van der Waals surface area (Å²) in [7, 11) is 1.61. The third-order valence-corrected chi connectivity index (χ3v) is 6.91. The third-order valence-electron chi connectivity index (χ3n) is 6.60. The van der Waals surface area contributed by atoms with Crippen LogP contribution in [0.25, 0.3) is 0 Å². The minimum absolute atomic E-state index is 0.0790. The molecule has 3 atom stereocenters. The number of aryl methyl sites for hydroxylation is 1. The zero-order valence-electron chi connectivity index (χ0n) is 17.0.